The van der Waals surface area contributed by atoms with Crippen LogP contribution in [-0.2, 0) is 15.9 Å². The molecule has 1 saturated heterocycles. The van der Waals surface area contributed by atoms with Crippen LogP contribution < -0.4 is 9.47 Å². The van der Waals surface area contributed by atoms with Crippen molar-refractivity contribution in [2.45, 2.75) is 32.7 Å². The van der Waals surface area contributed by atoms with Crippen molar-refractivity contribution < 1.29 is 18.9 Å². The Balaban J connectivity index is 1.92. The van der Waals surface area contributed by atoms with Crippen LogP contribution in [0.3, 0.4) is 0 Å². The minimum Gasteiger partial charge on any atom is -0.493 e. The molecule has 2 atom stereocenters. The average Bonchev–Trinajstić information content (AvgIpc) is 2.95. The van der Waals surface area contributed by atoms with Crippen LogP contribution in [0.4, 0.5) is 0 Å². The Bertz CT molecular complexity index is 470. The number of hydrogen-bond acceptors (Lipinski definition) is 4. The predicted octanol–water partition coefficient (Wildman–Crippen LogP) is 3.20. The van der Waals surface area contributed by atoms with Gasteiger partial charge in [0.1, 0.15) is 12.7 Å². The minimum absolute atomic E-state index is 0.0324. The SMILES string of the molecule is C=CCc1ccc(OC[C@H]2CO[C@H](C(C)C)O2)c(OC)c1. The molecule has 0 N–H and O–H groups in total. The van der Waals surface area contributed by atoms with Gasteiger partial charge in [-0.15, -0.1) is 6.58 Å². The molecule has 2 rings (SSSR count). The summed E-state index contributed by atoms with van der Waals surface area (Å²) in [5.74, 6) is 1.80. The molecule has 4 nitrogen and oxygen atoms in total. The van der Waals surface area contributed by atoms with Crippen molar-refractivity contribution in [3.8, 4) is 11.5 Å². The van der Waals surface area contributed by atoms with Crippen LogP contribution in [0.2, 0.25) is 0 Å². The van der Waals surface area contributed by atoms with E-state index in [0.29, 0.717) is 19.1 Å². The quantitative estimate of drug-likeness (QED) is 0.723. The molecule has 0 spiro atoms. The Morgan fingerprint density at radius 2 is 2.19 bits per heavy atom. The van der Waals surface area contributed by atoms with Crippen LogP contribution in [-0.4, -0.2) is 32.7 Å². The van der Waals surface area contributed by atoms with E-state index in [1.54, 1.807) is 7.11 Å². The van der Waals surface area contributed by atoms with E-state index >= 15 is 0 Å². The maximum atomic E-state index is 5.82. The number of hydrogen-bond donors (Lipinski definition) is 0. The lowest BCUT2D eigenvalue weighted by molar-refractivity contribution is -0.0915. The Morgan fingerprint density at radius 1 is 1.38 bits per heavy atom. The third-order valence-corrected chi connectivity index (χ3v) is 3.35. The zero-order valence-corrected chi connectivity index (χ0v) is 13.0. The van der Waals surface area contributed by atoms with Crippen molar-refractivity contribution in [1.82, 2.24) is 0 Å². The van der Waals surface area contributed by atoms with Gasteiger partial charge in [0.2, 0.25) is 0 Å². The highest BCUT2D eigenvalue weighted by Crippen LogP contribution is 2.29. The molecular weight excluding hydrogens is 268 g/mol. The molecule has 1 aromatic carbocycles. The lowest BCUT2D eigenvalue weighted by Crippen LogP contribution is -2.22. The largest absolute Gasteiger partial charge is 0.493 e. The van der Waals surface area contributed by atoms with E-state index < -0.39 is 0 Å². The first kappa shape index (κ1) is 15.9. The molecule has 0 saturated carbocycles. The molecule has 1 aliphatic rings. The Hall–Kier alpha value is -1.52. The van der Waals surface area contributed by atoms with Gasteiger partial charge in [-0.2, -0.15) is 0 Å². The van der Waals surface area contributed by atoms with Gasteiger partial charge >= 0.3 is 0 Å². The van der Waals surface area contributed by atoms with Gasteiger partial charge in [0, 0.05) is 5.92 Å². The van der Waals surface area contributed by atoms with Gasteiger partial charge in [0.25, 0.3) is 0 Å². The highest BCUT2D eigenvalue weighted by molar-refractivity contribution is 5.43. The second kappa shape index (κ2) is 7.48. The van der Waals surface area contributed by atoms with Gasteiger partial charge in [-0.25, -0.2) is 0 Å². The lowest BCUT2D eigenvalue weighted by Gasteiger charge is -2.16. The molecule has 1 aliphatic heterocycles. The summed E-state index contributed by atoms with van der Waals surface area (Å²) in [6, 6.07) is 5.91. The second-order valence-electron chi connectivity index (χ2n) is 5.49. The Kier molecular flexibility index (Phi) is 5.65. The first-order valence-corrected chi connectivity index (χ1v) is 7.31. The molecule has 0 amide bonds. The zero-order chi connectivity index (χ0) is 15.2. The molecule has 0 bridgehead atoms. The van der Waals surface area contributed by atoms with Gasteiger partial charge < -0.3 is 18.9 Å². The van der Waals surface area contributed by atoms with E-state index in [0.717, 1.165) is 23.5 Å². The first-order valence-electron chi connectivity index (χ1n) is 7.31. The molecule has 0 radical (unpaired) electrons. The van der Waals surface area contributed by atoms with Crippen molar-refractivity contribution in [3.05, 3.63) is 36.4 Å². The number of ether oxygens (including phenoxy) is 4. The fourth-order valence-electron chi connectivity index (χ4n) is 2.21. The maximum absolute atomic E-state index is 5.82. The summed E-state index contributed by atoms with van der Waals surface area (Å²) in [7, 11) is 1.64. The van der Waals surface area contributed by atoms with Gasteiger partial charge in [0.05, 0.1) is 13.7 Å². The number of rotatable bonds is 7. The molecule has 4 heteroatoms. The number of benzene rings is 1. The topological polar surface area (TPSA) is 36.9 Å². The fourth-order valence-corrected chi connectivity index (χ4v) is 2.21. The number of allylic oxidation sites excluding steroid dienone is 1. The standard InChI is InChI=1S/C17H24O4/c1-5-6-13-7-8-15(16(9-13)18-4)19-10-14-11-20-17(21-14)12(2)3/h5,7-9,12,14,17H,1,6,10-11H2,2-4H3/t14-,17-/m0/s1. The summed E-state index contributed by atoms with van der Waals surface area (Å²) < 4.78 is 22.6. The predicted molar refractivity (Wildman–Crippen MR) is 81.8 cm³/mol. The summed E-state index contributed by atoms with van der Waals surface area (Å²) >= 11 is 0. The normalized spacial score (nSPS) is 21.5. The summed E-state index contributed by atoms with van der Waals surface area (Å²) in [4.78, 5) is 0. The summed E-state index contributed by atoms with van der Waals surface area (Å²) in [6.07, 6.45) is 2.52. The lowest BCUT2D eigenvalue weighted by atomic mass is 10.1. The molecule has 21 heavy (non-hydrogen) atoms. The van der Waals surface area contributed by atoms with Crippen LogP contribution in [0, 0.1) is 5.92 Å². The first-order chi connectivity index (χ1) is 10.1. The molecule has 1 aromatic rings. The minimum atomic E-state index is -0.129. The van der Waals surface area contributed by atoms with Crippen LogP contribution in [0.5, 0.6) is 11.5 Å². The Morgan fingerprint density at radius 3 is 2.81 bits per heavy atom. The van der Waals surface area contributed by atoms with Crippen molar-refractivity contribution in [3.63, 3.8) is 0 Å². The molecule has 0 aromatic heterocycles. The van der Waals surface area contributed by atoms with Gasteiger partial charge in [-0.3, -0.25) is 0 Å². The second-order valence-corrected chi connectivity index (χ2v) is 5.49. The third kappa shape index (κ3) is 4.22. The van der Waals surface area contributed by atoms with Gasteiger partial charge in [0.15, 0.2) is 17.8 Å². The average molecular weight is 292 g/mol. The molecule has 116 valence electrons. The van der Waals surface area contributed by atoms with E-state index in [1.165, 1.54) is 0 Å². The van der Waals surface area contributed by atoms with E-state index in [9.17, 15) is 0 Å². The van der Waals surface area contributed by atoms with E-state index in [-0.39, 0.29) is 12.4 Å². The zero-order valence-electron chi connectivity index (χ0n) is 13.0. The highest BCUT2D eigenvalue weighted by Gasteiger charge is 2.28. The summed E-state index contributed by atoms with van der Waals surface area (Å²) in [6.45, 7) is 8.93. The fraction of sp³-hybridized carbons (Fsp3) is 0.529. The van der Waals surface area contributed by atoms with E-state index in [1.807, 2.05) is 24.3 Å². The molecular formula is C17H24O4. The molecule has 0 unspecified atom stereocenters. The van der Waals surface area contributed by atoms with Crippen molar-refractivity contribution in [1.29, 1.82) is 0 Å². The van der Waals surface area contributed by atoms with Crippen LogP contribution in [0.15, 0.2) is 30.9 Å². The van der Waals surface area contributed by atoms with Crippen molar-refractivity contribution in [2.24, 2.45) is 5.92 Å². The monoisotopic (exact) mass is 292 g/mol. The van der Waals surface area contributed by atoms with Crippen LogP contribution in [0.1, 0.15) is 19.4 Å². The molecule has 1 fully saturated rings. The maximum Gasteiger partial charge on any atom is 0.161 e. The van der Waals surface area contributed by atoms with Gasteiger partial charge in [-0.1, -0.05) is 26.0 Å². The number of methoxy groups -OCH3 is 1. The van der Waals surface area contributed by atoms with Crippen LogP contribution in [0.25, 0.3) is 0 Å². The molecule has 0 aliphatic carbocycles. The smallest absolute Gasteiger partial charge is 0.161 e. The summed E-state index contributed by atoms with van der Waals surface area (Å²) in [5, 5.41) is 0. The summed E-state index contributed by atoms with van der Waals surface area (Å²) in [5.41, 5.74) is 1.15. The third-order valence-electron chi connectivity index (χ3n) is 3.35. The van der Waals surface area contributed by atoms with Crippen molar-refractivity contribution >= 4 is 0 Å². The van der Waals surface area contributed by atoms with Crippen molar-refractivity contribution in [2.75, 3.05) is 20.3 Å². The van der Waals surface area contributed by atoms with E-state index in [2.05, 4.69) is 20.4 Å². The van der Waals surface area contributed by atoms with E-state index in [4.69, 9.17) is 18.9 Å². The Labute approximate surface area is 126 Å². The van der Waals surface area contributed by atoms with Crippen LogP contribution >= 0.6 is 0 Å². The molecule has 1 heterocycles. The highest BCUT2D eigenvalue weighted by atomic mass is 16.7. The van der Waals surface area contributed by atoms with Gasteiger partial charge in [-0.05, 0) is 24.1 Å².